The highest BCUT2D eigenvalue weighted by Crippen LogP contribution is 2.23. The van der Waals surface area contributed by atoms with Gasteiger partial charge in [-0.1, -0.05) is 68.4 Å². The number of benzene rings is 2. The Hall–Kier alpha value is -2.43. The summed E-state index contributed by atoms with van der Waals surface area (Å²) in [5.41, 5.74) is 4.60. The van der Waals surface area contributed by atoms with Gasteiger partial charge in [0.15, 0.2) is 6.54 Å². The number of quaternary nitrogens is 1. The predicted octanol–water partition coefficient (Wildman–Crippen LogP) is 4.16. The molecule has 3 nitrogen and oxygen atoms in total. The fourth-order valence-corrected chi connectivity index (χ4v) is 4.21. The van der Waals surface area contributed by atoms with Crippen molar-refractivity contribution in [1.82, 2.24) is 0 Å². The van der Waals surface area contributed by atoms with Crippen LogP contribution < -0.4 is 10.6 Å². The molecule has 0 radical (unpaired) electrons. The minimum atomic E-state index is 0.0445. The Labute approximate surface area is 165 Å². The van der Waals surface area contributed by atoms with E-state index in [1.807, 2.05) is 6.07 Å². The second-order valence-corrected chi connectivity index (χ2v) is 7.53. The molecule has 1 heterocycles. The van der Waals surface area contributed by atoms with Crippen molar-refractivity contribution in [3.05, 3.63) is 87.6 Å². The fourth-order valence-electron chi connectivity index (χ4n) is 3.36. The van der Waals surface area contributed by atoms with Gasteiger partial charge in [0.25, 0.3) is 5.91 Å². The van der Waals surface area contributed by atoms with Crippen LogP contribution >= 0.6 is 11.3 Å². The van der Waals surface area contributed by atoms with Gasteiger partial charge >= 0.3 is 0 Å². The molecule has 0 bridgehead atoms. The number of carbonyl (C=O) groups excluding carboxylic acids is 1. The van der Waals surface area contributed by atoms with Crippen molar-refractivity contribution in [2.45, 2.75) is 32.7 Å². The van der Waals surface area contributed by atoms with Gasteiger partial charge in [0.2, 0.25) is 0 Å². The van der Waals surface area contributed by atoms with Crippen molar-refractivity contribution in [2.75, 3.05) is 11.9 Å². The molecule has 0 aliphatic heterocycles. The number of nitrogens with one attached hydrogen (secondary N) is 1. The highest BCUT2D eigenvalue weighted by atomic mass is 32.1. The quantitative estimate of drug-likeness (QED) is 0.606. The molecule has 140 valence electrons. The largest absolute Gasteiger partial charge is 0.328 e. The summed E-state index contributed by atoms with van der Waals surface area (Å²) in [4.78, 5) is 14.0. The van der Waals surface area contributed by atoms with Crippen LogP contribution in [0, 0.1) is 0 Å². The van der Waals surface area contributed by atoms with Gasteiger partial charge < -0.3 is 10.6 Å². The summed E-state index contributed by atoms with van der Waals surface area (Å²) in [6, 6.07) is 21.0. The van der Waals surface area contributed by atoms with Gasteiger partial charge in [-0.15, -0.1) is 11.3 Å². The number of carbonyl (C=O) groups is 1. The number of hydrogen-bond acceptors (Lipinski definition) is 2. The van der Waals surface area contributed by atoms with Gasteiger partial charge in [-0.2, -0.15) is 0 Å². The molecule has 0 aliphatic rings. The first-order valence-electron chi connectivity index (χ1n) is 9.55. The van der Waals surface area contributed by atoms with Crippen molar-refractivity contribution in [3.63, 3.8) is 0 Å². The Morgan fingerprint density at radius 2 is 1.67 bits per heavy atom. The normalized spacial score (nSPS) is 11.9. The molecule has 0 aliphatic carbocycles. The lowest BCUT2D eigenvalue weighted by Crippen LogP contribution is -2.87. The standard InChI is InChI=1S/C23H26N2OS/c1-3-17-12-8-13-18(4-2)22(17)25-21(26)16-24-23(20-14-9-15-27-20)19-10-6-5-7-11-19/h5-15,23-24H,3-4,16H2,1-2H3,(H,25,26)/p+1/t23-/m0/s1. The van der Waals surface area contributed by atoms with E-state index < -0.39 is 0 Å². The number of amides is 1. The molecule has 0 saturated heterocycles. The van der Waals surface area contributed by atoms with Gasteiger partial charge in [-0.05, 0) is 35.4 Å². The molecule has 4 heteroatoms. The smallest absolute Gasteiger partial charge is 0.279 e. The van der Waals surface area contributed by atoms with E-state index in [1.165, 1.54) is 21.6 Å². The van der Waals surface area contributed by atoms with E-state index in [0.29, 0.717) is 6.54 Å². The minimum Gasteiger partial charge on any atom is -0.328 e. The summed E-state index contributed by atoms with van der Waals surface area (Å²) in [7, 11) is 0. The van der Waals surface area contributed by atoms with E-state index in [4.69, 9.17) is 0 Å². The number of thiophene rings is 1. The summed E-state index contributed by atoms with van der Waals surface area (Å²) in [6.45, 7) is 4.64. The van der Waals surface area contributed by atoms with Crippen molar-refractivity contribution >= 4 is 22.9 Å². The lowest BCUT2D eigenvalue weighted by atomic mass is 10.0. The zero-order chi connectivity index (χ0) is 19.1. The average Bonchev–Trinajstić information content (AvgIpc) is 3.23. The first kappa shape index (κ1) is 19.3. The zero-order valence-electron chi connectivity index (χ0n) is 15.9. The molecular formula is C23H27N2OS+. The minimum absolute atomic E-state index is 0.0445. The average molecular weight is 380 g/mol. The van der Waals surface area contributed by atoms with Crippen LogP contribution in [0.2, 0.25) is 0 Å². The molecule has 0 saturated carbocycles. The molecule has 0 spiro atoms. The Morgan fingerprint density at radius 3 is 2.26 bits per heavy atom. The molecule has 1 aromatic heterocycles. The third-order valence-electron chi connectivity index (χ3n) is 4.81. The molecule has 3 N–H and O–H groups in total. The topological polar surface area (TPSA) is 45.7 Å². The Morgan fingerprint density at radius 1 is 0.963 bits per heavy atom. The second-order valence-electron chi connectivity index (χ2n) is 6.55. The fraction of sp³-hybridized carbons (Fsp3) is 0.261. The Balaban J connectivity index is 1.72. The first-order chi connectivity index (χ1) is 13.2. The summed E-state index contributed by atoms with van der Waals surface area (Å²) < 4.78 is 0. The summed E-state index contributed by atoms with van der Waals surface area (Å²) in [6.07, 6.45) is 1.82. The molecule has 0 fully saturated rings. The highest BCUT2D eigenvalue weighted by molar-refractivity contribution is 7.10. The maximum Gasteiger partial charge on any atom is 0.279 e. The van der Waals surface area contributed by atoms with E-state index >= 15 is 0 Å². The van der Waals surface area contributed by atoms with Gasteiger partial charge in [0.1, 0.15) is 6.04 Å². The van der Waals surface area contributed by atoms with Crippen LogP contribution in [0.3, 0.4) is 0 Å². The van der Waals surface area contributed by atoms with Gasteiger partial charge in [0, 0.05) is 11.3 Å². The van der Waals surface area contributed by atoms with Crippen molar-refractivity contribution in [2.24, 2.45) is 0 Å². The molecule has 2 aromatic carbocycles. The molecule has 1 amide bonds. The van der Waals surface area contributed by atoms with Gasteiger partial charge in [-0.25, -0.2) is 0 Å². The van der Waals surface area contributed by atoms with Crippen LogP contribution in [-0.2, 0) is 17.6 Å². The number of aryl methyl sites for hydroxylation is 2. The van der Waals surface area contributed by atoms with Crippen LogP contribution in [0.15, 0.2) is 66.0 Å². The predicted molar refractivity (Wildman–Crippen MR) is 113 cm³/mol. The molecular weight excluding hydrogens is 352 g/mol. The molecule has 27 heavy (non-hydrogen) atoms. The monoisotopic (exact) mass is 379 g/mol. The number of rotatable bonds is 8. The Bertz CT molecular complexity index is 837. The summed E-state index contributed by atoms with van der Waals surface area (Å²) >= 11 is 1.73. The molecule has 0 unspecified atom stereocenters. The number of hydrogen-bond donors (Lipinski definition) is 2. The third kappa shape index (κ3) is 4.85. The maximum absolute atomic E-state index is 12.7. The number of para-hydroxylation sites is 1. The van der Waals surface area contributed by atoms with Gasteiger partial charge in [-0.3, -0.25) is 4.79 Å². The van der Waals surface area contributed by atoms with Crippen LogP contribution in [0.1, 0.15) is 41.5 Å². The summed E-state index contributed by atoms with van der Waals surface area (Å²) in [5.74, 6) is 0.0445. The van der Waals surface area contributed by atoms with E-state index in [2.05, 4.69) is 84.5 Å². The first-order valence-corrected chi connectivity index (χ1v) is 10.4. The molecule has 1 atom stereocenters. The third-order valence-corrected chi connectivity index (χ3v) is 5.77. The zero-order valence-corrected chi connectivity index (χ0v) is 16.8. The SMILES string of the molecule is CCc1cccc(CC)c1NC(=O)C[NH2+][C@@H](c1ccccc1)c1cccs1. The van der Waals surface area contributed by atoms with Crippen LogP contribution in [0.5, 0.6) is 0 Å². The summed E-state index contributed by atoms with van der Waals surface area (Å²) in [5, 5.41) is 7.38. The van der Waals surface area contributed by atoms with Crippen LogP contribution in [-0.4, -0.2) is 12.5 Å². The van der Waals surface area contributed by atoms with Crippen LogP contribution in [0.25, 0.3) is 0 Å². The number of anilines is 1. The Kier molecular flexibility index (Phi) is 6.80. The van der Waals surface area contributed by atoms with E-state index in [0.717, 1.165) is 18.5 Å². The second kappa shape index (κ2) is 9.49. The lowest BCUT2D eigenvalue weighted by molar-refractivity contribution is -0.675. The van der Waals surface area contributed by atoms with Gasteiger partial charge in [0.05, 0.1) is 4.88 Å². The van der Waals surface area contributed by atoms with E-state index in [9.17, 15) is 4.79 Å². The maximum atomic E-state index is 12.7. The number of nitrogens with two attached hydrogens (primary N) is 1. The molecule has 3 rings (SSSR count). The lowest BCUT2D eigenvalue weighted by Gasteiger charge is -2.17. The molecule has 3 aromatic rings. The van der Waals surface area contributed by atoms with Crippen molar-refractivity contribution < 1.29 is 10.1 Å². The van der Waals surface area contributed by atoms with Crippen molar-refractivity contribution in [3.8, 4) is 0 Å². The van der Waals surface area contributed by atoms with Crippen molar-refractivity contribution in [1.29, 1.82) is 0 Å². The highest BCUT2D eigenvalue weighted by Gasteiger charge is 2.20. The van der Waals surface area contributed by atoms with E-state index in [-0.39, 0.29) is 11.9 Å². The van der Waals surface area contributed by atoms with Crippen LogP contribution in [0.4, 0.5) is 5.69 Å². The van der Waals surface area contributed by atoms with E-state index in [1.54, 1.807) is 11.3 Å².